The van der Waals surface area contributed by atoms with Gasteiger partial charge in [-0.1, -0.05) is 29.8 Å². The second-order valence-corrected chi connectivity index (χ2v) is 7.93. The summed E-state index contributed by atoms with van der Waals surface area (Å²) in [6, 6.07) is 3.40. The van der Waals surface area contributed by atoms with Gasteiger partial charge in [-0.15, -0.1) is 0 Å². The quantitative estimate of drug-likeness (QED) is 0.336. The molecule has 0 aliphatic heterocycles. The summed E-state index contributed by atoms with van der Waals surface area (Å²) in [6.45, 7) is 3.47. The van der Waals surface area contributed by atoms with Gasteiger partial charge in [-0.3, -0.25) is 9.78 Å². The van der Waals surface area contributed by atoms with Crippen molar-refractivity contribution in [2.75, 3.05) is 24.9 Å². The first-order chi connectivity index (χ1) is 16.3. The minimum Gasteiger partial charge on any atom is -0.495 e. The Labute approximate surface area is 205 Å². The summed E-state index contributed by atoms with van der Waals surface area (Å²) in [7, 11) is 4.86. The van der Waals surface area contributed by atoms with E-state index in [2.05, 4.69) is 32.2 Å². The average Bonchev–Trinajstić information content (AvgIpc) is 3.17. The number of carbonyl (C=O) groups is 1. The van der Waals surface area contributed by atoms with Crippen molar-refractivity contribution < 1.29 is 14.3 Å². The molecule has 1 amide bonds. The van der Waals surface area contributed by atoms with Gasteiger partial charge in [0, 0.05) is 42.7 Å². The number of carbonyl (C=O) groups excluding carboxylic acids is 1. The van der Waals surface area contributed by atoms with Crippen LogP contribution in [0.5, 0.6) is 11.5 Å². The van der Waals surface area contributed by atoms with Gasteiger partial charge in [0.25, 0.3) is 0 Å². The maximum absolute atomic E-state index is 11.7. The summed E-state index contributed by atoms with van der Waals surface area (Å²) in [5.74, 6) is 0.842. The number of nitrogens with zero attached hydrogens (tertiary/aromatic N) is 4. The number of hydrogen-bond donors (Lipinski definition) is 2. The van der Waals surface area contributed by atoms with E-state index in [9.17, 15) is 4.79 Å². The third-order valence-electron chi connectivity index (χ3n) is 4.94. The first kappa shape index (κ1) is 23.3. The minimum absolute atomic E-state index is 0.317. The second-order valence-electron chi connectivity index (χ2n) is 7.18. The topological polar surface area (TPSA) is 103 Å². The zero-order chi connectivity index (χ0) is 24.4. The SMILES string of the molecule is C=CC(=O)Nc1cn(C)cc1Nc1ncc2cc(-c3c(Cl)c(OC)cc(OC)c3Cl)ncc2n1. The van der Waals surface area contributed by atoms with Crippen LogP contribution in [0.25, 0.3) is 22.2 Å². The van der Waals surface area contributed by atoms with Crippen molar-refractivity contribution in [1.29, 1.82) is 0 Å². The molecular formula is C23H20Cl2N6O3. The summed E-state index contributed by atoms with van der Waals surface area (Å²) in [6.07, 6.45) is 8.01. The maximum Gasteiger partial charge on any atom is 0.247 e. The molecule has 0 spiro atoms. The molecule has 0 radical (unpaired) electrons. The Balaban J connectivity index is 1.70. The Hall–Kier alpha value is -3.82. The van der Waals surface area contributed by atoms with Crippen LogP contribution in [0, 0.1) is 0 Å². The van der Waals surface area contributed by atoms with Crippen LogP contribution < -0.4 is 20.1 Å². The van der Waals surface area contributed by atoms with Gasteiger partial charge in [0.1, 0.15) is 11.5 Å². The zero-order valence-corrected chi connectivity index (χ0v) is 20.0. The molecule has 0 saturated carbocycles. The molecule has 0 bridgehead atoms. The molecule has 174 valence electrons. The lowest BCUT2D eigenvalue weighted by Crippen LogP contribution is -2.08. The van der Waals surface area contributed by atoms with Crippen LogP contribution in [0.15, 0.2) is 49.6 Å². The van der Waals surface area contributed by atoms with E-state index in [0.29, 0.717) is 55.6 Å². The third kappa shape index (κ3) is 4.48. The Kier molecular flexibility index (Phi) is 6.58. The summed E-state index contributed by atoms with van der Waals surface area (Å²) >= 11 is 13.0. The number of hydrogen-bond acceptors (Lipinski definition) is 7. The van der Waals surface area contributed by atoms with Gasteiger partial charge < -0.3 is 24.7 Å². The van der Waals surface area contributed by atoms with Crippen LogP contribution in [-0.4, -0.2) is 39.6 Å². The number of nitrogens with one attached hydrogen (secondary N) is 2. The van der Waals surface area contributed by atoms with Gasteiger partial charge in [-0.25, -0.2) is 9.97 Å². The summed E-state index contributed by atoms with van der Waals surface area (Å²) in [5.41, 5.74) is 2.79. The molecule has 0 saturated heterocycles. The van der Waals surface area contributed by atoms with E-state index in [1.54, 1.807) is 41.5 Å². The van der Waals surface area contributed by atoms with Gasteiger partial charge >= 0.3 is 0 Å². The summed E-state index contributed by atoms with van der Waals surface area (Å²) in [4.78, 5) is 25.1. The van der Waals surface area contributed by atoms with Gasteiger partial charge in [-0.2, -0.15) is 0 Å². The van der Waals surface area contributed by atoms with Crippen LogP contribution in [0.1, 0.15) is 0 Å². The fourth-order valence-corrected chi connectivity index (χ4v) is 4.02. The molecule has 4 aromatic rings. The maximum atomic E-state index is 11.7. The first-order valence-corrected chi connectivity index (χ1v) is 10.7. The first-order valence-electron chi connectivity index (χ1n) is 9.94. The molecule has 2 N–H and O–H groups in total. The smallest absolute Gasteiger partial charge is 0.247 e. The normalized spacial score (nSPS) is 10.7. The average molecular weight is 499 g/mol. The van der Waals surface area contributed by atoms with E-state index < -0.39 is 0 Å². The highest BCUT2D eigenvalue weighted by Crippen LogP contribution is 2.45. The highest BCUT2D eigenvalue weighted by atomic mass is 35.5. The van der Waals surface area contributed by atoms with Crippen LogP contribution >= 0.6 is 23.2 Å². The second kappa shape index (κ2) is 9.58. The van der Waals surface area contributed by atoms with Crippen molar-refractivity contribution in [3.63, 3.8) is 0 Å². The van der Waals surface area contributed by atoms with Gasteiger partial charge in [0.2, 0.25) is 11.9 Å². The molecule has 0 aliphatic carbocycles. The van der Waals surface area contributed by atoms with Crippen molar-refractivity contribution in [3.05, 3.63) is 59.6 Å². The van der Waals surface area contributed by atoms with Crippen LogP contribution in [0.3, 0.4) is 0 Å². The lowest BCUT2D eigenvalue weighted by molar-refractivity contribution is -0.111. The molecule has 4 rings (SSSR count). The highest BCUT2D eigenvalue weighted by Gasteiger charge is 2.20. The number of amides is 1. The molecule has 0 unspecified atom stereocenters. The fourth-order valence-electron chi connectivity index (χ4n) is 3.33. The Morgan fingerprint density at radius 2 is 1.74 bits per heavy atom. The number of benzene rings is 1. The number of methoxy groups -OCH3 is 2. The van der Waals surface area contributed by atoms with Gasteiger partial charge in [-0.05, 0) is 12.1 Å². The van der Waals surface area contributed by atoms with E-state index in [4.69, 9.17) is 32.7 Å². The molecule has 3 aromatic heterocycles. The number of aryl methyl sites for hydroxylation is 1. The van der Waals surface area contributed by atoms with Crippen molar-refractivity contribution in [2.45, 2.75) is 0 Å². The number of ether oxygens (including phenoxy) is 2. The highest BCUT2D eigenvalue weighted by molar-refractivity contribution is 6.41. The molecule has 34 heavy (non-hydrogen) atoms. The Bertz CT molecular complexity index is 1390. The standard InChI is InChI=1S/C23H20Cl2N6O3/c1-5-19(32)28-15-10-31(2)11-16(15)30-23-27-8-12-6-13(26-9-14(12)29-23)20-21(24)17(33-3)7-18(34-4)22(20)25/h5-11H,1H2,2-4H3,(H,28,32)(H,27,29,30). The van der Waals surface area contributed by atoms with Crippen molar-refractivity contribution in [1.82, 2.24) is 19.5 Å². The Morgan fingerprint density at radius 3 is 2.38 bits per heavy atom. The zero-order valence-electron chi connectivity index (χ0n) is 18.5. The third-order valence-corrected chi connectivity index (χ3v) is 5.69. The molecule has 3 heterocycles. The van der Waals surface area contributed by atoms with E-state index in [1.807, 2.05) is 7.05 Å². The number of fused-ring (bicyclic) bond motifs is 1. The van der Waals surface area contributed by atoms with Gasteiger partial charge in [0.05, 0.1) is 53.0 Å². The van der Waals surface area contributed by atoms with Crippen molar-refractivity contribution in [3.8, 4) is 22.8 Å². The van der Waals surface area contributed by atoms with Crippen molar-refractivity contribution >= 4 is 57.3 Å². The van der Waals surface area contributed by atoms with Crippen LogP contribution in [0.2, 0.25) is 10.0 Å². The monoisotopic (exact) mass is 498 g/mol. The largest absolute Gasteiger partial charge is 0.495 e. The molecule has 1 aromatic carbocycles. The molecule has 0 atom stereocenters. The predicted octanol–water partition coefficient (Wildman–Crippen LogP) is 5.22. The van der Waals surface area contributed by atoms with E-state index in [-0.39, 0.29) is 5.91 Å². The molecule has 0 fully saturated rings. The van der Waals surface area contributed by atoms with E-state index in [1.165, 1.54) is 20.3 Å². The lowest BCUT2D eigenvalue weighted by atomic mass is 10.1. The number of halogens is 2. The number of pyridine rings is 1. The van der Waals surface area contributed by atoms with Gasteiger partial charge in [0.15, 0.2) is 0 Å². The Morgan fingerprint density at radius 1 is 1.06 bits per heavy atom. The number of rotatable bonds is 7. The fraction of sp³-hybridized carbons (Fsp3) is 0.130. The molecule has 0 aliphatic rings. The van der Waals surface area contributed by atoms with Crippen LogP contribution in [0.4, 0.5) is 17.3 Å². The number of anilines is 3. The van der Waals surface area contributed by atoms with Crippen molar-refractivity contribution in [2.24, 2.45) is 7.05 Å². The molecule has 11 heteroatoms. The van der Waals surface area contributed by atoms with E-state index in [0.717, 1.165) is 5.39 Å². The van der Waals surface area contributed by atoms with E-state index >= 15 is 0 Å². The predicted molar refractivity (Wildman–Crippen MR) is 133 cm³/mol. The number of aromatic nitrogens is 4. The molecule has 9 nitrogen and oxygen atoms in total. The molecular weight excluding hydrogens is 479 g/mol. The summed E-state index contributed by atoms with van der Waals surface area (Å²) in [5, 5.41) is 7.21. The lowest BCUT2D eigenvalue weighted by Gasteiger charge is -2.14. The van der Waals surface area contributed by atoms with Crippen LogP contribution in [-0.2, 0) is 11.8 Å². The minimum atomic E-state index is -0.322. The summed E-state index contributed by atoms with van der Waals surface area (Å²) < 4.78 is 12.5.